The topological polar surface area (TPSA) is 12.0 Å². The molecule has 1 heterocycles. The van der Waals surface area contributed by atoms with Crippen LogP contribution in [0.15, 0.2) is 42.6 Å². The van der Waals surface area contributed by atoms with Gasteiger partial charge in [0.2, 0.25) is 0 Å². The maximum Gasteiger partial charge on any atom is 0.0245 e. The van der Waals surface area contributed by atoms with Crippen molar-refractivity contribution in [2.24, 2.45) is 0 Å². The third kappa shape index (κ3) is 2.62. The number of rotatable bonds is 1. The number of benzene rings is 1. The highest BCUT2D eigenvalue weighted by molar-refractivity contribution is 5.26. The van der Waals surface area contributed by atoms with Crippen molar-refractivity contribution in [2.45, 2.75) is 19.8 Å². The van der Waals surface area contributed by atoms with E-state index in [0.29, 0.717) is 5.92 Å². The van der Waals surface area contributed by atoms with Crippen LogP contribution in [0.5, 0.6) is 0 Å². The predicted octanol–water partition coefficient (Wildman–Crippen LogP) is 2.91. The maximum atomic E-state index is 3.19. The summed E-state index contributed by atoms with van der Waals surface area (Å²) in [5.41, 5.74) is 1.40. The Morgan fingerprint density at radius 1 is 1.15 bits per heavy atom. The summed E-state index contributed by atoms with van der Waals surface area (Å²) in [7, 11) is 0. The molecule has 1 aromatic carbocycles. The molecule has 1 aliphatic heterocycles. The van der Waals surface area contributed by atoms with Crippen LogP contribution in [0, 0.1) is 0 Å². The largest absolute Gasteiger partial charge is 0.390 e. The van der Waals surface area contributed by atoms with Crippen molar-refractivity contribution < 1.29 is 0 Å². The quantitative estimate of drug-likeness (QED) is 0.692. The van der Waals surface area contributed by atoms with E-state index in [9.17, 15) is 0 Å². The van der Waals surface area contributed by atoms with E-state index in [0.717, 1.165) is 6.54 Å². The minimum absolute atomic E-state index is 0.580. The van der Waals surface area contributed by atoms with Gasteiger partial charge in [-0.05, 0) is 11.8 Å². The second-order valence-electron chi connectivity index (χ2n) is 2.78. The van der Waals surface area contributed by atoms with Crippen molar-refractivity contribution in [3.8, 4) is 0 Å². The molecule has 1 atom stereocenters. The lowest BCUT2D eigenvalue weighted by molar-refractivity contribution is 0.814. The SMILES string of the molecule is C1=CC(c2ccccc2)CN1.CC. The van der Waals surface area contributed by atoms with Gasteiger partial charge in [-0.3, -0.25) is 0 Å². The molecule has 13 heavy (non-hydrogen) atoms. The fourth-order valence-corrected chi connectivity index (χ4v) is 1.38. The highest BCUT2D eigenvalue weighted by atomic mass is 14.9. The summed E-state index contributed by atoms with van der Waals surface area (Å²) in [4.78, 5) is 0. The Labute approximate surface area is 80.5 Å². The van der Waals surface area contributed by atoms with Gasteiger partial charge in [0.1, 0.15) is 0 Å². The van der Waals surface area contributed by atoms with E-state index in [1.807, 2.05) is 20.0 Å². The molecule has 1 aromatic rings. The summed E-state index contributed by atoms with van der Waals surface area (Å²) in [6, 6.07) is 10.6. The molecule has 0 bridgehead atoms. The zero-order valence-corrected chi connectivity index (χ0v) is 8.33. The zero-order valence-electron chi connectivity index (χ0n) is 8.33. The number of hydrogen-bond acceptors (Lipinski definition) is 1. The van der Waals surface area contributed by atoms with E-state index in [2.05, 4.69) is 41.7 Å². The van der Waals surface area contributed by atoms with Crippen LogP contribution in [-0.4, -0.2) is 6.54 Å². The first-order chi connectivity index (χ1) is 6.47. The smallest absolute Gasteiger partial charge is 0.0245 e. The molecule has 0 aromatic heterocycles. The first kappa shape index (κ1) is 9.85. The van der Waals surface area contributed by atoms with Crippen molar-refractivity contribution in [3.63, 3.8) is 0 Å². The van der Waals surface area contributed by atoms with E-state index in [4.69, 9.17) is 0 Å². The Bertz CT molecular complexity index is 251. The summed E-state index contributed by atoms with van der Waals surface area (Å²) in [5.74, 6) is 0.580. The molecule has 1 aliphatic rings. The predicted molar refractivity (Wildman–Crippen MR) is 57.7 cm³/mol. The molecule has 0 radical (unpaired) electrons. The molecule has 0 spiro atoms. The highest BCUT2D eigenvalue weighted by Crippen LogP contribution is 2.18. The lowest BCUT2D eigenvalue weighted by Crippen LogP contribution is -2.06. The van der Waals surface area contributed by atoms with Crippen LogP contribution in [0.25, 0.3) is 0 Å². The summed E-state index contributed by atoms with van der Waals surface area (Å²) < 4.78 is 0. The molecule has 0 aliphatic carbocycles. The van der Waals surface area contributed by atoms with E-state index in [-0.39, 0.29) is 0 Å². The zero-order chi connectivity index (χ0) is 9.52. The minimum atomic E-state index is 0.580. The normalized spacial score (nSPS) is 18.8. The molecule has 2 rings (SSSR count). The van der Waals surface area contributed by atoms with Crippen LogP contribution >= 0.6 is 0 Å². The molecule has 1 nitrogen and oxygen atoms in total. The Morgan fingerprint density at radius 3 is 2.38 bits per heavy atom. The van der Waals surface area contributed by atoms with Crippen LogP contribution in [0.4, 0.5) is 0 Å². The van der Waals surface area contributed by atoms with Crippen molar-refractivity contribution >= 4 is 0 Å². The minimum Gasteiger partial charge on any atom is -0.390 e. The third-order valence-corrected chi connectivity index (χ3v) is 2.01. The molecule has 1 heteroatoms. The first-order valence-corrected chi connectivity index (χ1v) is 4.92. The van der Waals surface area contributed by atoms with Crippen molar-refractivity contribution in [1.29, 1.82) is 0 Å². The van der Waals surface area contributed by atoms with Gasteiger partial charge in [0.05, 0.1) is 0 Å². The molecule has 70 valence electrons. The standard InChI is InChI=1S/C10H11N.C2H6/c1-2-4-9(5-3-1)10-6-7-11-8-10;1-2/h1-7,10-11H,8H2;1-2H3. The van der Waals surface area contributed by atoms with Gasteiger partial charge in [-0.15, -0.1) is 0 Å². The Hall–Kier alpha value is -1.24. The molecular weight excluding hydrogens is 158 g/mol. The second-order valence-corrected chi connectivity index (χ2v) is 2.78. The average Bonchev–Trinajstić information content (AvgIpc) is 2.75. The monoisotopic (exact) mass is 175 g/mol. The molecule has 0 fully saturated rings. The lowest BCUT2D eigenvalue weighted by Gasteiger charge is -2.05. The molecular formula is C12H17N. The molecule has 1 unspecified atom stereocenters. The lowest BCUT2D eigenvalue weighted by atomic mass is 10.0. The van der Waals surface area contributed by atoms with Gasteiger partial charge in [-0.2, -0.15) is 0 Å². The van der Waals surface area contributed by atoms with Gasteiger partial charge in [0.15, 0.2) is 0 Å². The van der Waals surface area contributed by atoms with E-state index >= 15 is 0 Å². The van der Waals surface area contributed by atoms with Gasteiger partial charge < -0.3 is 5.32 Å². The number of hydrogen-bond donors (Lipinski definition) is 1. The number of nitrogens with one attached hydrogen (secondary N) is 1. The summed E-state index contributed by atoms with van der Waals surface area (Å²) in [6.07, 6.45) is 4.23. The van der Waals surface area contributed by atoms with E-state index in [1.165, 1.54) is 5.56 Å². The molecule has 0 saturated carbocycles. The van der Waals surface area contributed by atoms with Crippen LogP contribution < -0.4 is 5.32 Å². The van der Waals surface area contributed by atoms with Crippen LogP contribution in [0.2, 0.25) is 0 Å². The van der Waals surface area contributed by atoms with Gasteiger partial charge in [0.25, 0.3) is 0 Å². The van der Waals surface area contributed by atoms with E-state index < -0.39 is 0 Å². The summed E-state index contributed by atoms with van der Waals surface area (Å²) in [6.45, 7) is 5.05. The Morgan fingerprint density at radius 2 is 1.85 bits per heavy atom. The second kappa shape index (κ2) is 5.41. The molecule has 0 amide bonds. The molecule has 1 N–H and O–H groups in total. The maximum absolute atomic E-state index is 3.19. The van der Waals surface area contributed by atoms with Gasteiger partial charge >= 0.3 is 0 Å². The van der Waals surface area contributed by atoms with Crippen molar-refractivity contribution in [1.82, 2.24) is 5.32 Å². The van der Waals surface area contributed by atoms with E-state index in [1.54, 1.807) is 0 Å². The highest BCUT2D eigenvalue weighted by Gasteiger charge is 2.09. The summed E-state index contributed by atoms with van der Waals surface area (Å²) >= 11 is 0. The van der Waals surface area contributed by atoms with Gasteiger partial charge in [-0.1, -0.05) is 50.3 Å². The Kier molecular flexibility index (Phi) is 4.10. The Balaban J connectivity index is 0.000000396. The molecule has 0 saturated heterocycles. The fourth-order valence-electron chi connectivity index (χ4n) is 1.38. The van der Waals surface area contributed by atoms with Crippen molar-refractivity contribution in [3.05, 3.63) is 48.2 Å². The van der Waals surface area contributed by atoms with Crippen LogP contribution in [-0.2, 0) is 0 Å². The van der Waals surface area contributed by atoms with Crippen LogP contribution in [0.1, 0.15) is 25.3 Å². The first-order valence-electron chi connectivity index (χ1n) is 4.92. The van der Waals surface area contributed by atoms with Gasteiger partial charge in [-0.25, -0.2) is 0 Å². The summed E-state index contributed by atoms with van der Waals surface area (Å²) in [5, 5.41) is 3.19. The van der Waals surface area contributed by atoms with Gasteiger partial charge in [0, 0.05) is 12.5 Å². The van der Waals surface area contributed by atoms with Crippen LogP contribution in [0.3, 0.4) is 0 Å². The third-order valence-electron chi connectivity index (χ3n) is 2.01. The average molecular weight is 175 g/mol. The van der Waals surface area contributed by atoms with Crippen molar-refractivity contribution in [2.75, 3.05) is 6.54 Å². The fraction of sp³-hybridized carbons (Fsp3) is 0.333.